The summed E-state index contributed by atoms with van der Waals surface area (Å²) in [6, 6.07) is -1.68. The van der Waals surface area contributed by atoms with Crippen molar-refractivity contribution in [3.63, 3.8) is 0 Å². The second-order valence-electron chi connectivity index (χ2n) is 9.75. The Morgan fingerprint density at radius 2 is 1.87 bits per heavy atom. The van der Waals surface area contributed by atoms with Crippen molar-refractivity contribution in [2.75, 3.05) is 13.6 Å². The highest BCUT2D eigenvalue weighted by molar-refractivity contribution is 5.90. The maximum Gasteiger partial charge on any atom is 0.248 e. The number of carbonyl (C=O) groups is 2. The van der Waals surface area contributed by atoms with Crippen LogP contribution in [0.25, 0.3) is 0 Å². The van der Waals surface area contributed by atoms with Crippen LogP contribution in [0.15, 0.2) is 6.20 Å². The van der Waals surface area contributed by atoms with E-state index >= 15 is 0 Å². The number of hydrogen-bond acceptors (Lipinski definition) is 6. The Labute approximate surface area is 179 Å². The topological polar surface area (TPSA) is 121 Å². The average molecular weight is 443 g/mol. The van der Waals surface area contributed by atoms with Crippen LogP contribution in [-0.4, -0.2) is 73.6 Å². The van der Waals surface area contributed by atoms with E-state index in [0.29, 0.717) is 0 Å². The van der Waals surface area contributed by atoms with Crippen LogP contribution < -0.4 is 5.32 Å². The molecule has 3 atom stereocenters. The maximum absolute atomic E-state index is 13.5. The predicted molar refractivity (Wildman–Crippen MR) is 106 cm³/mol. The fourth-order valence-corrected chi connectivity index (χ4v) is 4.41. The molecular formula is C20H31F2N5O4. The van der Waals surface area contributed by atoms with Crippen molar-refractivity contribution in [1.29, 1.82) is 0 Å². The zero-order valence-corrected chi connectivity index (χ0v) is 18.3. The number of carbonyl (C=O) groups excluding carboxylic acids is 2. The third kappa shape index (κ3) is 4.72. The lowest BCUT2D eigenvalue weighted by molar-refractivity contribution is -0.144. The molecule has 3 N–H and O–H groups in total. The van der Waals surface area contributed by atoms with E-state index in [0.717, 1.165) is 0 Å². The van der Waals surface area contributed by atoms with Crippen molar-refractivity contribution in [2.45, 2.75) is 82.6 Å². The van der Waals surface area contributed by atoms with Gasteiger partial charge in [-0.25, -0.2) is 13.5 Å². The Balaban J connectivity index is 1.89. The summed E-state index contributed by atoms with van der Waals surface area (Å²) in [5, 5.41) is 31.5. The van der Waals surface area contributed by atoms with Crippen molar-refractivity contribution >= 4 is 11.8 Å². The number of likely N-dealkylation sites (tertiary alicyclic amines) is 1. The Morgan fingerprint density at radius 1 is 1.26 bits per heavy atom. The number of nitrogens with one attached hydrogen (secondary N) is 1. The molecule has 2 heterocycles. The third-order valence-electron chi connectivity index (χ3n) is 6.23. The molecule has 1 saturated heterocycles. The van der Waals surface area contributed by atoms with E-state index < -0.39 is 53.9 Å². The molecule has 31 heavy (non-hydrogen) atoms. The fourth-order valence-electron chi connectivity index (χ4n) is 4.41. The van der Waals surface area contributed by atoms with E-state index in [1.807, 2.05) is 20.8 Å². The smallest absolute Gasteiger partial charge is 0.248 e. The van der Waals surface area contributed by atoms with Crippen LogP contribution in [0, 0.1) is 5.41 Å². The Bertz CT molecular complexity index is 828. The lowest BCUT2D eigenvalue weighted by Crippen LogP contribution is -2.49. The lowest BCUT2D eigenvalue weighted by Gasteiger charge is -2.35. The van der Waals surface area contributed by atoms with Gasteiger partial charge in [0, 0.05) is 32.9 Å². The summed E-state index contributed by atoms with van der Waals surface area (Å²) in [7, 11) is 1.47. The molecule has 0 bridgehead atoms. The number of β-amino-alcohol motifs (C(OH)–C–C–N with tert-alkyl or cyclic N) is 1. The van der Waals surface area contributed by atoms with Gasteiger partial charge in [0.05, 0.1) is 12.3 Å². The van der Waals surface area contributed by atoms with Gasteiger partial charge in [0.25, 0.3) is 0 Å². The first kappa shape index (κ1) is 23.5. The van der Waals surface area contributed by atoms with Gasteiger partial charge < -0.3 is 20.4 Å². The van der Waals surface area contributed by atoms with Crippen molar-refractivity contribution < 1.29 is 28.6 Å². The highest BCUT2D eigenvalue weighted by Crippen LogP contribution is 2.43. The summed E-state index contributed by atoms with van der Waals surface area (Å²) in [6.07, 6.45) is -0.442. The second-order valence-corrected chi connectivity index (χ2v) is 9.75. The molecule has 0 aromatic carbocycles. The number of likely N-dealkylation sites (N-methyl/N-ethyl adjacent to an activating group) is 1. The first-order valence-corrected chi connectivity index (χ1v) is 10.5. The summed E-state index contributed by atoms with van der Waals surface area (Å²) in [5.41, 5.74) is -2.03. The van der Waals surface area contributed by atoms with Crippen LogP contribution in [0.4, 0.5) is 8.78 Å². The first-order valence-electron chi connectivity index (χ1n) is 10.5. The molecule has 2 aliphatic rings. The SMILES string of the molecule is CNC(=O)[C@@H]1C[C@@H](O)CN1C(=O)[C@@H](n1cc(C2(O)CCC(F)(F)CC2)nn1)C(C)(C)C. The van der Waals surface area contributed by atoms with Gasteiger partial charge in [-0.1, -0.05) is 26.0 Å². The molecule has 11 heteroatoms. The summed E-state index contributed by atoms with van der Waals surface area (Å²) >= 11 is 0. The molecule has 1 aromatic heterocycles. The monoisotopic (exact) mass is 443 g/mol. The maximum atomic E-state index is 13.5. The van der Waals surface area contributed by atoms with E-state index in [-0.39, 0.29) is 37.4 Å². The molecule has 9 nitrogen and oxygen atoms in total. The Hall–Kier alpha value is -2.14. The molecule has 0 radical (unpaired) electrons. The van der Waals surface area contributed by atoms with Gasteiger partial charge in [-0.2, -0.15) is 0 Å². The zero-order valence-electron chi connectivity index (χ0n) is 18.3. The van der Waals surface area contributed by atoms with Gasteiger partial charge in [-0.3, -0.25) is 9.59 Å². The number of nitrogens with zero attached hydrogens (tertiary/aromatic N) is 4. The van der Waals surface area contributed by atoms with E-state index in [9.17, 15) is 28.6 Å². The number of aliphatic hydroxyl groups is 2. The van der Waals surface area contributed by atoms with Crippen LogP contribution in [0.2, 0.25) is 0 Å². The number of hydrogen-bond donors (Lipinski definition) is 3. The minimum absolute atomic E-state index is 0.0179. The average Bonchev–Trinajstić information content (AvgIpc) is 3.30. The first-order chi connectivity index (χ1) is 14.3. The highest BCUT2D eigenvalue weighted by atomic mass is 19.3. The normalized spacial score (nSPS) is 26.5. The minimum atomic E-state index is -2.81. The quantitative estimate of drug-likeness (QED) is 0.638. The van der Waals surface area contributed by atoms with Gasteiger partial charge in [-0.05, 0) is 18.3 Å². The summed E-state index contributed by atoms with van der Waals surface area (Å²) in [5.74, 6) is -3.58. The number of aliphatic hydroxyl groups excluding tert-OH is 1. The minimum Gasteiger partial charge on any atom is -0.391 e. The van der Waals surface area contributed by atoms with Crippen molar-refractivity contribution in [3.8, 4) is 0 Å². The molecule has 174 valence electrons. The van der Waals surface area contributed by atoms with Crippen LogP contribution in [0.1, 0.15) is 64.6 Å². The zero-order chi connectivity index (χ0) is 23.2. The molecule has 1 aliphatic heterocycles. The van der Waals surface area contributed by atoms with Crippen LogP contribution >= 0.6 is 0 Å². The van der Waals surface area contributed by atoms with Gasteiger partial charge in [0.1, 0.15) is 23.4 Å². The number of rotatable bonds is 4. The standard InChI is InChI=1S/C20H31F2N5O4/c1-18(2,3)15(17(30)26-10-12(28)9-13(26)16(29)23-4)27-11-14(24-25-27)19(31)5-7-20(21,22)8-6-19/h11-13,15,28,31H,5-10H2,1-4H3,(H,23,29)/t12-,13+,15-/m1/s1. The Kier molecular flexibility index (Phi) is 6.13. The van der Waals surface area contributed by atoms with Gasteiger partial charge in [0.2, 0.25) is 17.7 Å². The Morgan fingerprint density at radius 3 is 2.42 bits per heavy atom. The number of halogens is 2. The third-order valence-corrected chi connectivity index (χ3v) is 6.23. The van der Waals surface area contributed by atoms with E-state index in [1.54, 1.807) is 0 Å². The molecule has 3 rings (SSSR count). The number of aromatic nitrogens is 3. The van der Waals surface area contributed by atoms with Crippen molar-refractivity contribution in [2.24, 2.45) is 5.41 Å². The molecule has 1 aromatic rings. The fraction of sp³-hybridized carbons (Fsp3) is 0.800. The van der Waals surface area contributed by atoms with Crippen molar-refractivity contribution in [3.05, 3.63) is 11.9 Å². The van der Waals surface area contributed by atoms with Crippen LogP contribution in [0.3, 0.4) is 0 Å². The summed E-state index contributed by atoms with van der Waals surface area (Å²) < 4.78 is 28.4. The molecule has 1 saturated carbocycles. The van der Waals surface area contributed by atoms with Gasteiger partial charge >= 0.3 is 0 Å². The van der Waals surface area contributed by atoms with Crippen LogP contribution in [-0.2, 0) is 15.2 Å². The van der Waals surface area contributed by atoms with E-state index in [2.05, 4.69) is 15.6 Å². The number of amides is 2. The molecule has 2 fully saturated rings. The van der Waals surface area contributed by atoms with E-state index in [4.69, 9.17) is 0 Å². The summed E-state index contributed by atoms with van der Waals surface area (Å²) in [6.45, 7) is 5.50. The van der Waals surface area contributed by atoms with Gasteiger partial charge in [-0.15, -0.1) is 5.10 Å². The number of alkyl halides is 2. The lowest BCUT2D eigenvalue weighted by atomic mass is 9.81. The van der Waals surface area contributed by atoms with Crippen LogP contribution in [0.5, 0.6) is 0 Å². The largest absolute Gasteiger partial charge is 0.391 e. The predicted octanol–water partition coefficient (Wildman–Crippen LogP) is 0.970. The van der Waals surface area contributed by atoms with E-state index in [1.165, 1.54) is 22.8 Å². The molecule has 1 aliphatic carbocycles. The highest BCUT2D eigenvalue weighted by Gasteiger charge is 2.47. The molecule has 2 amide bonds. The molecular weight excluding hydrogens is 412 g/mol. The summed E-state index contributed by atoms with van der Waals surface area (Å²) in [4.78, 5) is 27.1. The van der Waals surface area contributed by atoms with Crippen molar-refractivity contribution in [1.82, 2.24) is 25.2 Å². The second kappa shape index (κ2) is 8.09. The molecule has 0 spiro atoms. The molecule has 0 unspecified atom stereocenters. The van der Waals surface area contributed by atoms with Gasteiger partial charge in [0.15, 0.2) is 0 Å².